The zero-order valence-corrected chi connectivity index (χ0v) is 10.8. The molecule has 3 nitrogen and oxygen atoms in total. The summed E-state index contributed by atoms with van der Waals surface area (Å²) in [5, 5.41) is 19.0. The maximum atomic E-state index is 9.50. The van der Waals surface area contributed by atoms with Crippen molar-refractivity contribution in [1.29, 1.82) is 0 Å². The summed E-state index contributed by atoms with van der Waals surface area (Å²) in [6, 6.07) is 5.85. The number of hydrogen-bond donors (Lipinski definition) is 2. The molecule has 1 aliphatic rings. The summed E-state index contributed by atoms with van der Waals surface area (Å²) in [6.07, 6.45) is 0.155. The number of hydrogen-bond acceptors (Lipinski definition) is 3. The molecule has 2 N–H and O–H groups in total. The Morgan fingerprint density at radius 2 is 2.25 bits per heavy atom. The summed E-state index contributed by atoms with van der Waals surface area (Å²) in [6.45, 7) is 3.32. The molecule has 1 fully saturated rings. The molecule has 1 saturated heterocycles. The third-order valence-corrected chi connectivity index (χ3v) is 3.59. The Bertz CT molecular complexity index is 381. The average Bonchev–Trinajstić information content (AvgIpc) is 2.64. The Morgan fingerprint density at radius 1 is 1.50 bits per heavy atom. The van der Waals surface area contributed by atoms with Gasteiger partial charge in [0.1, 0.15) is 0 Å². The van der Waals surface area contributed by atoms with Crippen molar-refractivity contribution in [2.45, 2.75) is 25.6 Å². The van der Waals surface area contributed by atoms with Crippen molar-refractivity contribution in [3.63, 3.8) is 0 Å². The van der Waals surface area contributed by atoms with Gasteiger partial charge < -0.3 is 15.1 Å². The number of halogens is 1. The molecule has 2 atom stereocenters. The maximum Gasteiger partial charge on any atom is 0.0762 e. The van der Waals surface area contributed by atoms with Crippen molar-refractivity contribution in [3.8, 4) is 0 Å². The van der Waals surface area contributed by atoms with Gasteiger partial charge in [0.2, 0.25) is 0 Å². The van der Waals surface area contributed by atoms with Crippen LogP contribution in [0.1, 0.15) is 25.0 Å². The first-order chi connectivity index (χ1) is 7.58. The minimum Gasteiger partial charge on any atom is -0.391 e. The van der Waals surface area contributed by atoms with Crippen LogP contribution in [0.4, 0.5) is 5.69 Å². The van der Waals surface area contributed by atoms with Crippen LogP contribution in [-0.2, 0) is 0 Å². The van der Waals surface area contributed by atoms with Gasteiger partial charge in [0.15, 0.2) is 0 Å². The molecule has 0 bridgehead atoms. The molecule has 0 radical (unpaired) electrons. The fourth-order valence-corrected chi connectivity index (χ4v) is 2.65. The number of anilines is 1. The van der Waals surface area contributed by atoms with E-state index in [1.807, 2.05) is 18.2 Å². The van der Waals surface area contributed by atoms with Crippen molar-refractivity contribution < 1.29 is 10.2 Å². The molecule has 88 valence electrons. The van der Waals surface area contributed by atoms with Crippen LogP contribution in [0, 0.1) is 0 Å². The van der Waals surface area contributed by atoms with E-state index in [1.54, 1.807) is 6.92 Å². The highest BCUT2D eigenvalue weighted by Crippen LogP contribution is 2.31. The van der Waals surface area contributed by atoms with E-state index in [0.29, 0.717) is 6.54 Å². The first-order valence-corrected chi connectivity index (χ1v) is 6.27. The Kier molecular flexibility index (Phi) is 3.52. The summed E-state index contributed by atoms with van der Waals surface area (Å²) < 4.78 is 0.972. The molecule has 1 heterocycles. The van der Waals surface area contributed by atoms with Crippen LogP contribution < -0.4 is 4.90 Å². The van der Waals surface area contributed by atoms with E-state index in [9.17, 15) is 10.2 Å². The first kappa shape index (κ1) is 11.9. The van der Waals surface area contributed by atoms with Crippen LogP contribution in [0.2, 0.25) is 0 Å². The number of rotatable bonds is 2. The van der Waals surface area contributed by atoms with E-state index >= 15 is 0 Å². The van der Waals surface area contributed by atoms with E-state index in [2.05, 4.69) is 20.8 Å². The Labute approximate surface area is 104 Å². The van der Waals surface area contributed by atoms with Crippen LogP contribution in [0.15, 0.2) is 22.7 Å². The molecule has 0 spiro atoms. The molecular weight excluding hydrogens is 270 g/mol. The lowest BCUT2D eigenvalue weighted by Gasteiger charge is -2.20. The standard InChI is InChI=1S/C12H16BrNO2/c1-8(15)9-2-3-12(11(13)6-9)14-5-4-10(16)7-14/h2-3,6,8,10,15-16H,4-5,7H2,1H3/t8-,10?/m0/s1. The number of β-amino-alcohol motifs (C(OH)–C–C–N with tert-alkyl or cyclic N) is 1. The van der Waals surface area contributed by atoms with Gasteiger partial charge in [-0.25, -0.2) is 0 Å². The van der Waals surface area contributed by atoms with Gasteiger partial charge >= 0.3 is 0 Å². The lowest BCUT2D eigenvalue weighted by molar-refractivity contribution is 0.198. The van der Waals surface area contributed by atoms with E-state index in [0.717, 1.165) is 28.7 Å². The Hall–Kier alpha value is -0.580. The van der Waals surface area contributed by atoms with E-state index < -0.39 is 6.10 Å². The zero-order chi connectivity index (χ0) is 11.7. The number of aliphatic hydroxyl groups excluding tert-OH is 2. The summed E-state index contributed by atoms with van der Waals surface area (Å²) in [7, 11) is 0. The predicted molar refractivity (Wildman–Crippen MR) is 67.6 cm³/mol. The van der Waals surface area contributed by atoms with Gasteiger partial charge in [0.05, 0.1) is 17.9 Å². The third-order valence-electron chi connectivity index (χ3n) is 2.96. The largest absolute Gasteiger partial charge is 0.391 e. The van der Waals surface area contributed by atoms with Crippen LogP contribution in [0.5, 0.6) is 0 Å². The van der Waals surface area contributed by atoms with Gasteiger partial charge in [-0.3, -0.25) is 0 Å². The highest BCUT2D eigenvalue weighted by molar-refractivity contribution is 9.10. The molecule has 2 rings (SSSR count). The number of nitrogens with zero attached hydrogens (tertiary/aromatic N) is 1. The minimum atomic E-state index is -0.450. The zero-order valence-electron chi connectivity index (χ0n) is 9.23. The van der Waals surface area contributed by atoms with Gasteiger partial charge in [-0.1, -0.05) is 6.07 Å². The predicted octanol–water partition coefficient (Wildman–Crippen LogP) is 2.07. The summed E-state index contributed by atoms with van der Waals surface area (Å²) in [4.78, 5) is 2.15. The number of aliphatic hydroxyl groups is 2. The van der Waals surface area contributed by atoms with Gasteiger partial charge in [0, 0.05) is 17.6 Å². The van der Waals surface area contributed by atoms with E-state index in [1.165, 1.54) is 0 Å². The fraction of sp³-hybridized carbons (Fsp3) is 0.500. The lowest BCUT2D eigenvalue weighted by atomic mass is 10.1. The second-order valence-electron chi connectivity index (χ2n) is 4.28. The van der Waals surface area contributed by atoms with Crippen molar-refractivity contribution in [2.75, 3.05) is 18.0 Å². The van der Waals surface area contributed by atoms with E-state index in [-0.39, 0.29) is 6.10 Å². The van der Waals surface area contributed by atoms with Crippen molar-refractivity contribution in [3.05, 3.63) is 28.2 Å². The second kappa shape index (κ2) is 4.73. The molecule has 4 heteroatoms. The quantitative estimate of drug-likeness (QED) is 0.874. The molecular formula is C12H16BrNO2. The van der Waals surface area contributed by atoms with Crippen LogP contribution >= 0.6 is 15.9 Å². The average molecular weight is 286 g/mol. The number of benzene rings is 1. The Balaban J connectivity index is 2.22. The molecule has 16 heavy (non-hydrogen) atoms. The lowest BCUT2D eigenvalue weighted by Crippen LogP contribution is -2.21. The highest BCUT2D eigenvalue weighted by atomic mass is 79.9. The second-order valence-corrected chi connectivity index (χ2v) is 5.13. The van der Waals surface area contributed by atoms with E-state index in [4.69, 9.17) is 0 Å². The third kappa shape index (κ3) is 2.39. The monoisotopic (exact) mass is 285 g/mol. The normalized spacial score (nSPS) is 22.5. The fourth-order valence-electron chi connectivity index (χ4n) is 2.00. The van der Waals surface area contributed by atoms with Gasteiger partial charge in [0.25, 0.3) is 0 Å². The first-order valence-electron chi connectivity index (χ1n) is 5.48. The smallest absolute Gasteiger partial charge is 0.0762 e. The molecule has 0 amide bonds. The van der Waals surface area contributed by atoms with Gasteiger partial charge in [-0.15, -0.1) is 0 Å². The van der Waals surface area contributed by atoms with Gasteiger partial charge in [-0.2, -0.15) is 0 Å². The summed E-state index contributed by atoms with van der Waals surface area (Å²) >= 11 is 3.51. The summed E-state index contributed by atoms with van der Waals surface area (Å²) in [5.41, 5.74) is 1.98. The van der Waals surface area contributed by atoms with Crippen LogP contribution in [0.25, 0.3) is 0 Å². The molecule has 0 aromatic heterocycles. The van der Waals surface area contributed by atoms with Crippen LogP contribution in [0.3, 0.4) is 0 Å². The molecule has 1 unspecified atom stereocenters. The van der Waals surface area contributed by atoms with Gasteiger partial charge in [-0.05, 0) is 47.0 Å². The topological polar surface area (TPSA) is 43.7 Å². The van der Waals surface area contributed by atoms with Crippen molar-refractivity contribution >= 4 is 21.6 Å². The van der Waals surface area contributed by atoms with Crippen LogP contribution in [-0.4, -0.2) is 29.4 Å². The SMILES string of the molecule is C[C@H](O)c1ccc(N2CCC(O)C2)c(Br)c1. The minimum absolute atomic E-state index is 0.219. The van der Waals surface area contributed by atoms with Crippen molar-refractivity contribution in [2.24, 2.45) is 0 Å². The highest BCUT2D eigenvalue weighted by Gasteiger charge is 2.22. The molecule has 0 aliphatic carbocycles. The maximum absolute atomic E-state index is 9.50. The molecule has 1 aliphatic heterocycles. The molecule has 1 aromatic rings. The molecule has 0 saturated carbocycles. The van der Waals surface area contributed by atoms with Crippen molar-refractivity contribution in [1.82, 2.24) is 0 Å². The molecule has 1 aromatic carbocycles. The Morgan fingerprint density at radius 3 is 2.75 bits per heavy atom. The summed E-state index contributed by atoms with van der Waals surface area (Å²) in [5.74, 6) is 0.